The third-order valence-corrected chi connectivity index (χ3v) is 3.61. The summed E-state index contributed by atoms with van der Waals surface area (Å²) in [5.74, 6) is 0. The van der Waals surface area contributed by atoms with E-state index in [0.717, 1.165) is 17.7 Å². The molecule has 0 aliphatic rings. The molecule has 0 aliphatic heterocycles. The van der Waals surface area contributed by atoms with Gasteiger partial charge in [0.15, 0.2) is 0 Å². The molecule has 18 heavy (non-hydrogen) atoms. The van der Waals surface area contributed by atoms with Crippen molar-refractivity contribution in [3.63, 3.8) is 0 Å². The Labute approximate surface area is 146 Å². The van der Waals surface area contributed by atoms with Crippen molar-refractivity contribution >= 4 is 22.6 Å². The predicted octanol–water partition coefficient (Wildman–Crippen LogP) is 3.02. The first-order valence-corrected chi connectivity index (χ1v) is 6.58. The van der Waals surface area contributed by atoms with Gasteiger partial charge in [-0.05, 0) is 9.99 Å². The number of hydrogen-bond acceptors (Lipinski definition) is 1. The second-order valence-electron chi connectivity index (χ2n) is 3.86. The third-order valence-electron chi connectivity index (χ3n) is 2.83. The molecule has 0 saturated heterocycles. The molecule has 91 valence electrons. The molecular weight excluding hydrogens is 414 g/mol. The van der Waals surface area contributed by atoms with E-state index in [4.69, 9.17) is 0 Å². The van der Waals surface area contributed by atoms with Gasteiger partial charge in [-0.1, -0.05) is 41.9 Å². The van der Waals surface area contributed by atoms with Crippen LogP contribution in [0.1, 0.15) is 12.5 Å². The van der Waals surface area contributed by atoms with E-state index in [-0.39, 0.29) is 38.3 Å². The number of benzene rings is 1. The summed E-state index contributed by atoms with van der Waals surface area (Å²) in [6, 6.07) is 13.1. The predicted molar refractivity (Wildman–Crippen MR) is 78.1 cm³/mol. The maximum Gasteiger partial charge on any atom is 0.207 e. The molecular formula is C14H13INOY-. The molecule has 1 aromatic carbocycles. The molecule has 2 rings (SSSR count). The van der Waals surface area contributed by atoms with Crippen LogP contribution in [0.4, 0.5) is 0 Å². The Morgan fingerprint density at radius 3 is 2.67 bits per heavy atom. The van der Waals surface area contributed by atoms with E-state index in [1.807, 2.05) is 40.8 Å². The molecule has 2 nitrogen and oxygen atoms in total. The first-order valence-electron chi connectivity index (χ1n) is 5.50. The van der Waals surface area contributed by atoms with Crippen LogP contribution in [0.3, 0.4) is 0 Å². The standard InChI is InChI=1S/C14H13INO.Y/c1-3-10-6-4-5-7-11(10)13-9-8-12(15)14(17)16(13)2;/h4-8H,3H2,1-2H3;/q-1;. The number of aryl methyl sites for hydroxylation is 1. The summed E-state index contributed by atoms with van der Waals surface area (Å²) in [4.78, 5) is 11.9. The van der Waals surface area contributed by atoms with E-state index in [1.54, 1.807) is 17.7 Å². The topological polar surface area (TPSA) is 22.0 Å². The van der Waals surface area contributed by atoms with Crippen molar-refractivity contribution in [2.45, 2.75) is 13.3 Å². The van der Waals surface area contributed by atoms with Crippen LogP contribution >= 0.6 is 22.6 Å². The minimum absolute atomic E-state index is 0. The van der Waals surface area contributed by atoms with Crippen LogP contribution in [0.15, 0.2) is 35.1 Å². The van der Waals surface area contributed by atoms with Crippen molar-refractivity contribution in [3.8, 4) is 11.3 Å². The van der Waals surface area contributed by atoms with E-state index in [1.165, 1.54) is 5.56 Å². The largest absolute Gasteiger partial charge is 0.345 e. The van der Waals surface area contributed by atoms with E-state index < -0.39 is 0 Å². The zero-order valence-electron chi connectivity index (χ0n) is 10.4. The Morgan fingerprint density at radius 2 is 2.00 bits per heavy atom. The molecule has 1 aromatic heterocycles. The number of nitrogens with zero attached hydrogens (tertiary/aromatic N) is 1. The summed E-state index contributed by atoms with van der Waals surface area (Å²) in [6.45, 7) is 2.11. The number of rotatable bonds is 2. The third kappa shape index (κ3) is 3.12. The van der Waals surface area contributed by atoms with Gasteiger partial charge in [0, 0.05) is 39.8 Å². The molecule has 0 N–H and O–H groups in total. The van der Waals surface area contributed by atoms with Gasteiger partial charge in [-0.25, -0.2) is 0 Å². The summed E-state index contributed by atoms with van der Waals surface area (Å²) in [7, 11) is 1.79. The van der Waals surface area contributed by atoms with Gasteiger partial charge < -0.3 is 4.57 Å². The summed E-state index contributed by atoms with van der Waals surface area (Å²) in [6.07, 6.45) is 0.949. The number of halogens is 1. The van der Waals surface area contributed by atoms with Crippen LogP contribution in [-0.2, 0) is 46.2 Å². The molecule has 0 saturated carbocycles. The maximum absolute atomic E-state index is 11.9. The Morgan fingerprint density at radius 1 is 1.33 bits per heavy atom. The Balaban J connectivity index is 0.00000162. The second-order valence-corrected chi connectivity index (χ2v) is 5.02. The van der Waals surface area contributed by atoms with Crippen LogP contribution in [0.2, 0.25) is 0 Å². The zero-order valence-corrected chi connectivity index (χ0v) is 15.4. The molecule has 0 unspecified atom stereocenters. The minimum Gasteiger partial charge on any atom is -0.345 e. The molecule has 0 bridgehead atoms. The van der Waals surface area contributed by atoms with Gasteiger partial charge >= 0.3 is 0 Å². The summed E-state index contributed by atoms with van der Waals surface area (Å²) in [5, 5.41) is 0. The van der Waals surface area contributed by atoms with E-state index in [2.05, 4.69) is 19.1 Å². The number of hydrogen-bond donors (Lipinski definition) is 0. The monoisotopic (exact) mass is 427 g/mol. The average Bonchev–Trinajstić information content (AvgIpc) is 2.36. The van der Waals surface area contributed by atoms with Crippen molar-refractivity contribution in [2.24, 2.45) is 7.05 Å². The fourth-order valence-electron chi connectivity index (χ4n) is 1.87. The van der Waals surface area contributed by atoms with E-state index >= 15 is 0 Å². The van der Waals surface area contributed by atoms with E-state index in [0.29, 0.717) is 3.57 Å². The number of aromatic nitrogens is 1. The Kier molecular flexibility index (Phi) is 6.22. The Bertz CT molecular complexity index is 607. The summed E-state index contributed by atoms with van der Waals surface area (Å²) in [5.41, 5.74) is 3.21. The van der Waals surface area contributed by atoms with Crippen LogP contribution in [0.25, 0.3) is 11.3 Å². The van der Waals surface area contributed by atoms with Crippen molar-refractivity contribution < 1.29 is 32.7 Å². The molecule has 1 radical (unpaired) electrons. The summed E-state index contributed by atoms with van der Waals surface area (Å²) >= 11 is 2.04. The van der Waals surface area contributed by atoms with Crippen LogP contribution in [0, 0.1) is 9.64 Å². The summed E-state index contributed by atoms with van der Waals surface area (Å²) < 4.78 is 2.36. The molecule has 0 spiro atoms. The van der Waals surface area contributed by atoms with Crippen molar-refractivity contribution in [1.82, 2.24) is 4.57 Å². The molecule has 2 aromatic rings. The van der Waals surface area contributed by atoms with E-state index in [9.17, 15) is 4.79 Å². The SMILES string of the molecule is CCc1ccccc1-c1[c-]cc(I)c(=O)n1C.[Y]. The van der Waals surface area contributed by atoms with Crippen LogP contribution in [-0.4, -0.2) is 4.57 Å². The molecule has 0 fully saturated rings. The fourth-order valence-corrected chi connectivity index (χ4v) is 2.39. The maximum atomic E-state index is 11.9. The molecule has 0 atom stereocenters. The van der Waals surface area contributed by atoms with Gasteiger partial charge in [0.2, 0.25) is 5.56 Å². The van der Waals surface area contributed by atoms with Gasteiger partial charge in [0.1, 0.15) is 0 Å². The van der Waals surface area contributed by atoms with Gasteiger partial charge in [0.25, 0.3) is 0 Å². The fraction of sp³-hybridized carbons (Fsp3) is 0.214. The van der Waals surface area contributed by atoms with Crippen molar-refractivity contribution in [3.05, 3.63) is 55.9 Å². The number of pyridine rings is 1. The minimum atomic E-state index is 0. The molecule has 4 heteroatoms. The van der Waals surface area contributed by atoms with Crippen LogP contribution in [0.5, 0.6) is 0 Å². The second kappa shape index (κ2) is 6.97. The van der Waals surface area contributed by atoms with Gasteiger partial charge in [-0.3, -0.25) is 4.79 Å². The van der Waals surface area contributed by atoms with Gasteiger partial charge in [-0.15, -0.1) is 28.7 Å². The van der Waals surface area contributed by atoms with Gasteiger partial charge in [-0.2, -0.15) is 12.1 Å². The Hall–Kier alpha value is 0.00390. The van der Waals surface area contributed by atoms with Crippen LogP contribution < -0.4 is 5.56 Å². The van der Waals surface area contributed by atoms with Gasteiger partial charge in [0.05, 0.1) is 0 Å². The smallest absolute Gasteiger partial charge is 0.207 e. The zero-order chi connectivity index (χ0) is 12.4. The van der Waals surface area contributed by atoms with Crippen molar-refractivity contribution in [2.75, 3.05) is 0 Å². The van der Waals surface area contributed by atoms with Crippen molar-refractivity contribution in [1.29, 1.82) is 0 Å². The molecule has 0 amide bonds. The molecule has 0 aliphatic carbocycles. The quantitative estimate of drug-likeness (QED) is 0.534. The average molecular weight is 427 g/mol. The molecule has 1 heterocycles. The first kappa shape index (κ1) is 16.1. The first-order chi connectivity index (χ1) is 8.15. The normalized spacial score (nSPS) is 9.94.